The maximum absolute atomic E-state index is 13.2. The number of fused-ring (bicyclic) bond motifs is 1. The van der Waals surface area contributed by atoms with Gasteiger partial charge in [-0.25, -0.2) is 8.42 Å². The van der Waals surface area contributed by atoms with Gasteiger partial charge >= 0.3 is 0 Å². The number of amides is 3. The van der Waals surface area contributed by atoms with Crippen molar-refractivity contribution in [1.82, 2.24) is 14.5 Å². The van der Waals surface area contributed by atoms with Crippen molar-refractivity contribution >= 4 is 44.1 Å². The van der Waals surface area contributed by atoms with Gasteiger partial charge in [-0.05, 0) is 55.5 Å². The molecule has 2 aliphatic rings. The first-order valence-corrected chi connectivity index (χ1v) is 14.5. The fourth-order valence-electron chi connectivity index (χ4n) is 4.91. The molecule has 1 fully saturated rings. The summed E-state index contributed by atoms with van der Waals surface area (Å²) in [7, 11) is -2.11. The topological polar surface area (TPSA) is 116 Å². The molecular formula is C25H32N4O5S2. The number of hydrogen-bond donors (Lipinski definition) is 2. The molecule has 2 aromatic rings. The van der Waals surface area contributed by atoms with Gasteiger partial charge in [0, 0.05) is 43.5 Å². The van der Waals surface area contributed by atoms with E-state index in [0.29, 0.717) is 42.2 Å². The van der Waals surface area contributed by atoms with Gasteiger partial charge in [0.2, 0.25) is 15.9 Å². The number of benzene rings is 1. The number of carbonyl (C=O) groups is 3. The van der Waals surface area contributed by atoms with Crippen LogP contribution in [0.15, 0.2) is 29.2 Å². The van der Waals surface area contributed by atoms with E-state index in [1.54, 1.807) is 9.21 Å². The van der Waals surface area contributed by atoms with E-state index >= 15 is 0 Å². The summed E-state index contributed by atoms with van der Waals surface area (Å²) < 4.78 is 28.0. The average Bonchev–Trinajstić information content (AvgIpc) is 3.25. The zero-order chi connectivity index (χ0) is 26.0. The summed E-state index contributed by atoms with van der Waals surface area (Å²) in [6.07, 6.45) is 4.03. The molecule has 1 unspecified atom stereocenters. The fraction of sp³-hybridized carbons (Fsp3) is 0.480. The molecule has 0 spiro atoms. The van der Waals surface area contributed by atoms with E-state index in [9.17, 15) is 22.8 Å². The molecule has 9 nitrogen and oxygen atoms in total. The summed E-state index contributed by atoms with van der Waals surface area (Å²) in [4.78, 5) is 40.3. The van der Waals surface area contributed by atoms with Crippen molar-refractivity contribution in [3.63, 3.8) is 0 Å². The van der Waals surface area contributed by atoms with Gasteiger partial charge in [-0.2, -0.15) is 4.31 Å². The van der Waals surface area contributed by atoms with Crippen LogP contribution in [-0.4, -0.2) is 61.5 Å². The number of nitrogens with zero attached hydrogens (tertiary/aromatic N) is 2. The summed E-state index contributed by atoms with van der Waals surface area (Å²) in [6.45, 7) is 4.94. The molecule has 3 amide bonds. The van der Waals surface area contributed by atoms with E-state index in [1.165, 1.54) is 49.6 Å². The second-order valence-corrected chi connectivity index (χ2v) is 12.1. The lowest BCUT2D eigenvalue weighted by Gasteiger charge is -2.34. The Balaban J connectivity index is 1.56. The van der Waals surface area contributed by atoms with E-state index in [2.05, 4.69) is 10.6 Å². The van der Waals surface area contributed by atoms with Gasteiger partial charge in [0.05, 0.1) is 17.0 Å². The first-order valence-electron chi connectivity index (χ1n) is 12.2. The van der Waals surface area contributed by atoms with Crippen molar-refractivity contribution in [3.05, 3.63) is 45.8 Å². The molecule has 1 aromatic heterocycles. The van der Waals surface area contributed by atoms with Gasteiger partial charge < -0.3 is 15.5 Å². The molecule has 4 rings (SSSR count). The van der Waals surface area contributed by atoms with Gasteiger partial charge in [0.25, 0.3) is 11.8 Å². The summed E-state index contributed by atoms with van der Waals surface area (Å²) in [5, 5.41) is 5.89. The van der Waals surface area contributed by atoms with E-state index in [0.717, 1.165) is 36.1 Å². The maximum Gasteiger partial charge on any atom is 0.256 e. The quantitative estimate of drug-likeness (QED) is 0.593. The van der Waals surface area contributed by atoms with Crippen LogP contribution in [0.1, 0.15) is 70.7 Å². The number of nitrogens with one attached hydrogen (secondary N) is 2. The van der Waals surface area contributed by atoms with Gasteiger partial charge in [-0.3, -0.25) is 14.4 Å². The average molecular weight is 533 g/mol. The molecule has 0 bridgehead atoms. The van der Waals surface area contributed by atoms with Crippen molar-refractivity contribution in [2.45, 2.75) is 63.4 Å². The third-order valence-corrected chi connectivity index (χ3v) is 10.0. The molecule has 3 heterocycles. The first-order chi connectivity index (χ1) is 17.2. The van der Waals surface area contributed by atoms with Crippen LogP contribution in [0, 0.1) is 0 Å². The summed E-state index contributed by atoms with van der Waals surface area (Å²) in [6, 6.07) is 5.93. The highest BCUT2D eigenvalue weighted by Crippen LogP contribution is 2.37. The Kier molecular flexibility index (Phi) is 7.82. The Morgan fingerprint density at radius 3 is 2.44 bits per heavy atom. The molecular weight excluding hydrogens is 500 g/mol. The standard InChI is InChI=1S/C25H32N4O5S2/c1-4-18-7-5-6-13-29(18)36(33,34)19-10-8-17(9-11-19)23(31)27-25-22(24(32)26-3)20-12-14-28(16(2)30)15-21(20)35-25/h8-11,18H,4-7,12-15H2,1-3H3,(H,26,32)(H,27,31). The van der Waals surface area contributed by atoms with E-state index in [4.69, 9.17) is 0 Å². The van der Waals surface area contributed by atoms with Crippen LogP contribution in [0.5, 0.6) is 0 Å². The lowest BCUT2D eigenvalue weighted by Crippen LogP contribution is -2.43. The van der Waals surface area contributed by atoms with Crippen LogP contribution in [0.4, 0.5) is 5.00 Å². The molecule has 1 saturated heterocycles. The minimum atomic E-state index is -3.64. The third-order valence-electron chi connectivity index (χ3n) is 6.95. The zero-order valence-electron chi connectivity index (χ0n) is 20.8. The summed E-state index contributed by atoms with van der Waals surface area (Å²) in [5.41, 5.74) is 1.56. The van der Waals surface area contributed by atoms with Crippen molar-refractivity contribution in [1.29, 1.82) is 0 Å². The molecule has 11 heteroatoms. The summed E-state index contributed by atoms with van der Waals surface area (Å²) in [5.74, 6) is -0.769. The number of carbonyl (C=O) groups excluding carboxylic acids is 3. The van der Waals surface area contributed by atoms with Crippen LogP contribution >= 0.6 is 11.3 Å². The Labute approximate surface area is 215 Å². The number of sulfonamides is 1. The lowest BCUT2D eigenvalue weighted by molar-refractivity contribution is -0.129. The predicted octanol–water partition coefficient (Wildman–Crippen LogP) is 3.22. The molecule has 0 aliphatic carbocycles. The van der Waals surface area contributed by atoms with Crippen LogP contribution in [0.25, 0.3) is 0 Å². The lowest BCUT2D eigenvalue weighted by atomic mass is 10.0. The first kappa shape index (κ1) is 26.3. The number of piperidine rings is 1. The number of thiophene rings is 1. The van der Waals surface area contributed by atoms with E-state index in [1.807, 2.05) is 6.92 Å². The van der Waals surface area contributed by atoms with Crippen LogP contribution in [-0.2, 0) is 27.8 Å². The molecule has 0 radical (unpaired) electrons. The minimum Gasteiger partial charge on any atom is -0.355 e. The second kappa shape index (κ2) is 10.7. The van der Waals surface area contributed by atoms with Crippen LogP contribution in [0.2, 0.25) is 0 Å². The normalized spacial score (nSPS) is 18.4. The van der Waals surface area contributed by atoms with Crippen molar-refractivity contribution in [2.24, 2.45) is 0 Å². The predicted molar refractivity (Wildman–Crippen MR) is 139 cm³/mol. The Hall–Kier alpha value is -2.76. The molecule has 0 saturated carbocycles. The number of anilines is 1. The summed E-state index contributed by atoms with van der Waals surface area (Å²) >= 11 is 1.29. The smallest absolute Gasteiger partial charge is 0.256 e. The van der Waals surface area contributed by atoms with E-state index < -0.39 is 15.9 Å². The van der Waals surface area contributed by atoms with E-state index in [-0.39, 0.29) is 22.8 Å². The molecule has 36 heavy (non-hydrogen) atoms. The SMILES string of the molecule is CCC1CCCCN1S(=O)(=O)c1ccc(C(=O)Nc2sc3c(c2C(=O)NC)CCN(C(C)=O)C3)cc1. The monoisotopic (exact) mass is 532 g/mol. The molecule has 2 aliphatic heterocycles. The Morgan fingerprint density at radius 1 is 1.08 bits per heavy atom. The zero-order valence-corrected chi connectivity index (χ0v) is 22.4. The number of rotatable bonds is 6. The van der Waals surface area contributed by atoms with Gasteiger partial charge in [-0.1, -0.05) is 13.3 Å². The third kappa shape index (κ3) is 5.05. The van der Waals surface area contributed by atoms with Crippen molar-refractivity contribution in [3.8, 4) is 0 Å². The highest BCUT2D eigenvalue weighted by molar-refractivity contribution is 7.89. The fourth-order valence-corrected chi connectivity index (χ4v) is 7.94. The van der Waals surface area contributed by atoms with Gasteiger partial charge in [-0.15, -0.1) is 11.3 Å². The van der Waals surface area contributed by atoms with Crippen molar-refractivity contribution in [2.75, 3.05) is 25.5 Å². The largest absolute Gasteiger partial charge is 0.355 e. The Morgan fingerprint density at radius 2 is 1.81 bits per heavy atom. The maximum atomic E-state index is 13.2. The van der Waals surface area contributed by atoms with Crippen molar-refractivity contribution < 1.29 is 22.8 Å². The molecule has 1 aromatic carbocycles. The Bertz CT molecular complexity index is 1270. The second-order valence-electron chi connectivity index (χ2n) is 9.13. The molecule has 2 N–H and O–H groups in total. The van der Waals surface area contributed by atoms with Gasteiger partial charge in [0.1, 0.15) is 5.00 Å². The van der Waals surface area contributed by atoms with Crippen LogP contribution in [0.3, 0.4) is 0 Å². The minimum absolute atomic E-state index is 0.00125. The highest BCUT2D eigenvalue weighted by atomic mass is 32.2. The molecule has 1 atom stereocenters. The number of hydrogen-bond acceptors (Lipinski definition) is 6. The highest BCUT2D eigenvalue weighted by Gasteiger charge is 2.33. The van der Waals surface area contributed by atoms with Gasteiger partial charge in [0.15, 0.2) is 0 Å². The van der Waals surface area contributed by atoms with Crippen LogP contribution < -0.4 is 10.6 Å². The molecule has 194 valence electrons.